The first kappa shape index (κ1) is 20.6. The zero-order valence-electron chi connectivity index (χ0n) is 16.4. The lowest BCUT2D eigenvalue weighted by Crippen LogP contribution is -2.04. The summed E-state index contributed by atoms with van der Waals surface area (Å²) in [6.07, 6.45) is 1.66. The molecule has 0 radical (unpaired) electrons. The fourth-order valence-electron chi connectivity index (χ4n) is 3.61. The predicted octanol–water partition coefficient (Wildman–Crippen LogP) is 4.74. The maximum Gasteiger partial charge on any atom is 0.336 e. The first-order valence-corrected chi connectivity index (χ1v) is 9.57. The van der Waals surface area contributed by atoms with Gasteiger partial charge >= 0.3 is 5.97 Å². The molecule has 0 atom stereocenters. The first-order valence-electron chi connectivity index (χ1n) is 9.57. The van der Waals surface area contributed by atoms with Crippen molar-refractivity contribution in [2.45, 2.75) is 19.8 Å². The lowest BCUT2D eigenvalue weighted by atomic mass is 10.1. The Morgan fingerprint density at radius 2 is 1.71 bits per heavy atom. The van der Waals surface area contributed by atoms with Gasteiger partial charge in [-0.3, -0.25) is 0 Å². The molecule has 0 amide bonds. The maximum atomic E-state index is 14.0. The molecule has 5 nitrogen and oxygen atoms in total. The molecule has 0 saturated carbocycles. The van der Waals surface area contributed by atoms with Crippen LogP contribution in [0.15, 0.2) is 66.9 Å². The number of halogens is 2. The summed E-state index contributed by atoms with van der Waals surface area (Å²) in [6.45, 7) is 0.0529. The number of carboxylic acid groups (broad SMARTS) is 1. The van der Waals surface area contributed by atoms with E-state index in [0.717, 1.165) is 5.56 Å². The summed E-state index contributed by atoms with van der Waals surface area (Å²) < 4.78 is 34.7. The molecule has 0 aliphatic heterocycles. The number of carbonyl (C=O) groups is 1. The van der Waals surface area contributed by atoms with Gasteiger partial charge in [0.05, 0.1) is 18.7 Å². The fraction of sp³-hybridized carbons (Fsp3) is 0.125. The van der Waals surface area contributed by atoms with E-state index in [1.165, 1.54) is 36.4 Å². The Hall–Kier alpha value is -3.71. The predicted molar refractivity (Wildman–Crippen MR) is 111 cm³/mol. The van der Waals surface area contributed by atoms with Crippen molar-refractivity contribution in [1.29, 1.82) is 0 Å². The smallest absolute Gasteiger partial charge is 0.336 e. The van der Waals surface area contributed by atoms with E-state index in [0.29, 0.717) is 27.8 Å². The Kier molecular flexibility index (Phi) is 5.68. The van der Waals surface area contributed by atoms with Crippen LogP contribution in [-0.4, -0.2) is 20.7 Å². The van der Waals surface area contributed by atoms with Crippen LogP contribution in [0.4, 0.5) is 8.78 Å². The highest BCUT2D eigenvalue weighted by Gasteiger charge is 2.17. The molecule has 4 rings (SSSR count). The van der Waals surface area contributed by atoms with Crippen molar-refractivity contribution in [2.75, 3.05) is 0 Å². The van der Waals surface area contributed by atoms with Gasteiger partial charge in [-0.15, -0.1) is 0 Å². The van der Waals surface area contributed by atoms with E-state index >= 15 is 0 Å². The molecule has 0 spiro atoms. The van der Waals surface area contributed by atoms with Gasteiger partial charge in [0, 0.05) is 28.2 Å². The van der Waals surface area contributed by atoms with Crippen molar-refractivity contribution in [3.8, 4) is 5.75 Å². The quantitative estimate of drug-likeness (QED) is 0.451. The van der Waals surface area contributed by atoms with Gasteiger partial charge in [-0.25, -0.2) is 13.6 Å². The average Bonchev–Trinajstić information content (AvgIpc) is 3.12. The van der Waals surface area contributed by atoms with Gasteiger partial charge < -0.3 is 19.5 Å². The molecule has 0 fully saturated rings. The van der Waals surface area contributed by atoms with E-state index in [9.17, 15) is 23.8 Å². The third kappa shape index (κ3) is 4.27. The summed E-state index contributed by atoms with van der Waals surface area (Å²) in [5, 5.41) is 19.7. The maximum absolute atomic E-state index is 14.0. The molecule has 3 aromatic carbocycles. The number of nitrogens with zero attached hydrogens (tertiary/aromatic N) is 1. The van der Waals surface area contributed by atoms with Crippen LogP contribution >= 0.6 is 0 Å². The van der Waals surface area contributed by atoms with Crippen LogP contribution in [0.3, 0.4) is 0 Å². The highest BCUT2D eigenvalue weighted by Crippen LogP contribution is 2.29. The standard InChI is InChI=1S/C24H19F2NO4/c25-18-6-4-15(5-7-18)14-31-22-9-8-19(26)10-16(22)11-27-12-17(13-28)23-20(24(29)30)2-1-3-21(23)27/h1-10,12,28H,11,13-14H2,(H,29,30). The fourth-order valence-corrected chi connectivity index (χ4v) is 3.61. The number of ether oxygens (including phenoxy) is 1. The van der Waals surface area contributed by atoms with E-state index in [4.69, 9.17) is 4.74 Å². The Balaban J connectivity index is 1.68. The van der Waals surface area contributed by atoms with Gasteiger partial charge in [0.15, 0.2) is 0 Å². The van der Waals surface area contributed by atoms with Crippen molar-refractivity contribution in [1.82, 2.24) is 4.57 Å². The van der Waals surface area contributed by atoms with Crippen LogP contribution in [0.25, 0.3) is 10.9 Å². The number of hydrogen-bond acceptors (Lipinski definition) is 3. The van der Waals surface area contributed by atoms with Gasteiger partial charge in [0.2, 0.25) is 0 Å². The molecule has 158 valence electrons. The number of hydrogen-bond donors (Lipinski definition) is 2. The molecule has 4 aromatic rings. The summed E-state index contributed by atoms with van der Waals surface area (Å²) in [5.41, 5.74) is 2.48. The minimum Gasteiger partial charge on any atom is -0.489 e. The number of fused-ring (bicyclic) bond motifs is 1. The van der Waals surface area contributed by atoms with E-state index in [1.807, 2.05) is 0 Å². The highest BCUT2D eigenvalue weighted by atomic mass is 19.1. The van der Waals surface area contributed by atoms with E-state index < -0.39 is 11.8 Å². The summed E-state index contributed by atoms with van der Waals surface area (Å²) >= 11 is 0. The van der Waals surface area contributed by atoms with Gasteiger partial charge in [0.25, 0.3) is 0 Å². The second kappa shape index (κ2) is 8.57. The first-order chi connectivity index (χ1) is 15.0. The SMILES string of the molecule is O=C(O)c1cccc2c1c(CO)cn2Cc1cc(F)ccc1OCc1ccc(F)cc1. The number of aliphatic hydroxyl groups is 1. The zero-order valence-corrected chi connectivity index (χ0v) is 16.4. The minimum absolute atomic E-state index is 0.0901. The molecular weight excluding hydrogens is 404 g/mol. The van der Waals surface area contributed by atoms with Crippen LogP contribution in [0.2, 0.25) is 0 Å². The van der Waals surface area contributed by atoms with Crippen LogP contribution in [0.5, 0.6) is 5.75 Å². The van der Waals surface area contributed by atoms with E-state index in [1.54, 1.807) is 35.0 Å². The van der Waals surface area contributed by atoms with Crippen LogP contribution in [0.1, 0.15) is 27.0 Å². The average molecular weight is 423 g/mol. The molecule has 0 aliphatic rings. The molecule has 2 N–H and O–H groups in total. The topological polar surface area (TPSA) is 71.7 Å². The second-order valence-corrected chi connectivity index (χ2v) is 7.11. The van der Waals surface area contributed by atoms with Crippen LogP contribution in [0, 0.1) is 11.6 Å². The van der Waals surface area contributed by atoms with Crippen molar-refractivity contribution in [3.05, 3.63) is 101 Å². The molecule has 0 bridgehead atoms. The molecule has 31 heavy (non-hydrogen) atoms. The van der Waals surface area contributed by atoms with Gasteiger partial charge in [-0.1, -0.05) is 18.2 Å². The molecule has 1 heterocycles. The van der Waals surface area contributed by atoms with Gasteiger partial charge in [0.1, 0.15) is 24.0 Å². The van der Waals surface area contributed by atoms with Crippen molar-refractivity contribution >= 4 is 16.9 Å². The summed E-state index contributed by atoms with van der Waals surface area (Å²) in [5.74, 6) is -1.42. The second-order valence-electron chi connectivity index (χ2n) is 7.11. The van der Waals surface area contributed by atoms with Gasteiger partial charge in [-0.05, 0) is 48.0 Å². The Morgan fingerprint density at radius 1 is 0.968 bits per heavy atom. The summed E-state index contributed by atoms with van der Waals surface area (Å²) in [4.78, 5) is 11.6. The van der Waals surface area contributed by atoms with Crippen molar-refractivity contribution < 1.29 is 28.5 Å². The number of aliphatic hydroxyl groups excluding tert-OH is 1. The Bertz CT molecular complexity index is 1250. The number of rotatable bonds is 7. The lowest BCUT2D eigenvalue weighted by Gasteiger charge is -2.13. The molecule has 0 aliphatic carbocycles. The summed E-state index contributed by atoms with van der Waals surface area (Å²) in [6, 6.07) is 14.9. The minimum atomic E-state index is -1.09. The van der Waals surface area contributed by atoms with Crippen molar-refractivity contribution in [2.24, 2.45) is 0 Å². The monoisotopic (exact) mass is 423 g/mol. The van der Waals surface area contributed by atoms with Crippen LogP contribution in [-0.2, 0) is 19.8 Å². The van der Waals surface area contributed by atoms with Crippen molar-refractivity contribution in [3.63, 3.8) is 0 Å². The molecular formula is C24H19F2NO4. The number of benzene rings is 3. The highest BCUT2D eigenvalue weighted by molar-refractivity contribution is 6.04. The van der Waals surface area contributed by atoms with Gasteiger partial charge in [-0.2, -0.15) is 0 Å². The Morgan fingerprint density at radius 3 is 2.42 bits per heavy atom. The third-order valence-electron chi connectivity index (χ3n) is 5.06. The number of aromatic nitrogens is 1. The molecule has 0 unspecified atom stereocenters. The molecule has 7 heteroatoms. The van der Waals surface area contributed by atoms with E-state index in [2.05, 4.69) is 0 Å². The normalized spacial score (nSPS) is 11.1. The lowest BCUT2D eigenvalue weighted by molar-refractivity contribution is 0.0699. The molecule has 1 aromatic heterocycles. The summed E-state index contributed by atoms with van der Waals surface area (Å²) in [7, 11) is 0. The zero-order chi connectivity index (χ0) is 22.0. The molecule has 0 saturated heterocycles. The number of carboxylic acids is 1. The number of aromatic carboxylic acids is 1. The van der Waals surface area contributed by atoms with Crippen LogP contribution < -0.4 is 4.74 Å². The van der Waals surface area contributed by atoms with E-state index in [-0.39, 0.29) is 31.1 Å². The third-order valence-corrected chi connectivity index (χ3v) is 5.06. The Labute approximate surface area is 176 Å². The largest absolute Gasteiger partial charge is 0.489 e.